The van der Waals surface area contributed by atoms with Crippen molar-refractivity contribution in [1.29, 1.82) is 0 Å². The van der Waals surface area contributed by atoms with Crippen LogP contribution in [0.5, 0.6) is 5.75 Å². The van der Waals surface area contributed by atoms with Crippen LogP contribution in [0.1, 0.15) is 12.0 Å². The van der Waals surface area contributed by atoms with Gasteiger partial charge in [0.1, 0.15) is 5.75 Å². The van der Waals surface area contributed by atoms with E-state index < -0.39 is 15.7 Å². The van der Waals surface area contributed by atoms with E-state index in [1.54, 1.807) is 36.4 Å². The topological polar surface area (TPSA) is 92.8 Å². The lowest BCUT2D eigenvalue weighted by Crippen LogP contribution is -2.35. The molecule has 1 N–H and O–H groups in total. The molecule has 0 atom stereocenters. The Bertz CT molecular complexity index is 939. The van der Waals surface area contributed by atoms with Gasteiger partial charge in [-0.15, -0.1) is 0 Å². The monoisotopic (exact) mass is 404 g/mol. The van der Waals surface area contributed by atoms with Crippen molar-refractivity contribution in [2.45, 2.75) is 18.2 Å². The van der Waals surface area contributed by atoms with Crippen molar-refractivity contribution >= 4 is 27.3 Å². The fraction of sp³-hybridized carbons (Fsp3) is 0.300. The van der Waals surface area contributed by atoms with Crippen molar-refractivity contribution < 1.29 is 22.7 Å². The molecule has 2 aromatic rings. The minimum Gasteiger partial charge on any atom is -0.497 e. The number of aryl methyl sites for hydroxylation is 1. The van der Waals surface area contributed by atoms with Gasteiger partial charge in [-0.05, 0) is 31.2 Å². The second-order valence-electron chi connectivity index (χ2n) is 6.41. The second kappa shape index (κ2) is 9.36. The molecule has 0 aliphatic heterocycles. The van der Waals surface area contributed by atoms with Crippen molar-refractivity contribution in [1.82, 2.24) is 4.90 Å². The highest BCUT2D eigenvalue weighted by atomic mass is 32.2. The quantitative estimate of drug-likeness (QED) is 0.729. The van der Waals surface area contributed by atoms with Gasteiger partial charge in [0.05, 0.1) is 24.3 Å². The van der Waals surface area contributed by atoms with Crippen LogP contribution in [0.25, 0.3) is 0 Å². The number of likely N-dealkylation sites (N-methyl/N-ethyl adjacent to an activating group) is 1. The van der Waals surface area contributed by atoms with Gasteiger partial charge in [0.25, 0.3) is 0 Å². The minimum absolute atomic E-state index is 0.180. The summed E-state index contributed by atoms with van der Waals surface area (Å²) >= 11 is 0. The molecular formula is C20H24N2O5S. The fourth-order valence-electron chi connectivity index (χ4n) is 2.48. The Morgan fingerprint density at radius 1 is 1.11 bits per heavy atom. The average molecular weight is 404 g/mol. The number of ether oxygens (including phenoxy) is 1. The summed E-state index contributed by atoms with van der Waals surface area (Å²) in [5.41, 5.74) is 1.50. The van der Waals surface area contributed by atoms with E-state index in [1.165, 1.54) is 31.2 Å². The van der Waals surface area contributed by atoms with E-state index in [9.17, 15) is 18.0 Å². The maximum absolute atomic E-state index is 12.3. The number of nitrogens with one attached hydrogen (secondary N) is 1. The maximum atomic E-state index is 12.3. The third kappa shape index (κ3) is 6.09. The summed E-state index contributed by atoms with van der Waals surface area (Å²) in [5, 5.41) is 2.67. The lowest BCUT2D eigenvalue weighted by atomic mass is 10.2. The number of nitrogens with zero attached hydrogens (tertiary/aromatic N) is 1. The molecular weight excluding hydrogens is 380 g/mol. The standard InChI is InChI=1S/C20H24N2O5S/c1-15-7-9-18(10-8-15)28(25,26)12-11-20(24)22(2)14-19(23)21-16-5-4-6-17(13-16)27-3/h4-10,13H,11-12,14H2,1-3H3,(H,21,23). The van der Waals surface area contributed by atoms with Gasteiger partial charge >= 0.3 is 0 Å². The molecule has 0 spiro atoms. The smallest absolute Gasteiger partial charge is 0.243 e. The fourth-order valence-corrected chi connectivity index (χ4v) is 3.71. The van der Waals surface area contributed by atoms with Crippen LogP contribution in [0.4, 0.5) is 5.69 Å². The van der Waals surface area contributed by atoms with E-state index in [4.69, 9.17) is 4.74 Å². The highest BCUT2D eigenvalue weighted by Crippen LogP contribution is 2.17. The Kier molecular flexibility index (Phi) is 7.17. The first-order valence-electron chi connectivity index (χ1n) is 8.68. The molecule has 0 aromatic heterocycles. The zero-order chi connectivity index (χ0) is 20.7. The molecule has 0 heterocycles. The van der Waals surface area contributed by atoms with Gasteiger partial charge in [-0.25, -0.2) is 8.42 Å². The number of carbonyl (C=O) groups excluding carboxylic acids is 2. The summed E-state index contributed by atoms with van der Waals surface area (Å²) < 4.78 is 29.8. The largest absolute Gasteiger partial charge is 0.497 e. The molecule has 0 saturated carbocycles. The Labute approximate surface area is 165 Å². The Hall–Kier alpha value is -2.87. The van der Waals surface area contributed by atoms with Crippen molar-refractivity contribution in [3.05, 3.63) is 54.1 Å². The first-order valence-corrected chi connectivity index (χ1v) is 10.3. The van der Waals surface area contributed by atoms with E-state index in [-0.39, 0.29) is 29.5 Å². The van der Waals surface area contributed by atoms with Crippen LogP contribution in [-0.2, 0) is 19.4 Å². The summed E-state index contributed by atoms with van der Waals surface area (Å²) in [6.07, 6.45) is -0.195. The lowest BCUT2D eigenvalue weighted by molar-refractivity contribution is -0.132. The molecule has 2 amide bonds. The zero-order valence-corrected chi connectivity index (χ0v) is 17.0. The SMILES string of the molecule is COc1cccc(NC(=O)CN(C)C(=O)CCS(=O)(=O)c2ccc(C)cc2)c1. The van der Waals surface area contributed by atoms with Gasteiger partial charge in [0.15, 0.2) is 9.84 Å². The first-order chi connectivity index (χ1) is 13.2. The molecule has 28 heavy (non-hydrogen) atoms. The molecule has 150 valence electrons. The minimum atomic E-state index is -3.55. The average Bonchev–Trinajstić information content (AvgIpc) is 2.66. The van der Waals surface area contributed by atoms with Crippen molar-refractivity contribution in [2.24, 2.45) is 0 Å². The summed E-state index contributed by atoms with van der Waals surface area (Å²) in [6.45, 7) is 1.69. The summed E-state index contributed by atoms with van der Waals surface area (Å²) in [4.78, 5) is 25.7. The van der Waals surface area contributed by atoms with Crippen molar-refractivity contribution in [3.8, 4) is 5.75 Å². The van der Waals surface area contributed by atoms with Gasteiger partial charge in [-0.3, -0.25) is 9.59 Å². The highest BCUT2D eigenvalue weighted by Gasteiger charge is 2.19. The molecule has 0 saturated heterocycles. The van der Waals surface area contributed by atoms with E-state index in [2.05, 4.69) is 5.32 Å². The maximum Gasteiger partial charge on any atom is 0.243 e. The zero-order valence-electron chi connectivity index (χ0n) is 16.1. The van der Waals surface area contributed by atoms with Crippen LogP contribution < -0.4 is 10.1 Å². The Morgan fingerprint density at radius 2 is 1.79 bits per heavy atom. The van der Waals surface area contributed by atoms with Crippen LogP contribution in [0.3, 0.4) is 0 Å². The molecule has 0 radical (unpaired) electrons. The number of carbonyl (C=O) groups is 2. The number of hydrogen-bond donors (Lipinski definition) is 1. The highest BCUT2D eigenvalue weighted by molar-refractivity contribution is 7.91. The number of benzene rings is 2. The first kappa shape index (κ1) is 21.4. The van der Waals surface area contributed by atoms with Crippen LogP contribution >= 0.6 is 0 Å². The van der Waals surface area contributed by atoms with Crippen LogP contribution in [-0.4, -0.2) is 51.6 Å². The number of hydrogen-bond acceptors (Lipinski definition) is 5. The molecule has 8 heteroatoms. The third-order valence-corrected chi connectivity index (χ3v) is 5.86. The van der Waals surface area contributed by atoms with E-state index in [0.29, 0.717) is 11.4 Å². The van der Waals surface area contributed by atoms with Gasteiger partial charge in [-0.2, -0.15) is 0 Å². The number of anilines is 1. The van der Waals surface area contributed by atoms with E-state index in [1.807, 2.05) is 6.92 Å². The Balaban J connectivity index is 1.88. The molecule has 0 bridgehead atoms. The van der Waals surface area contributed by atoms with E-state index in [0.717, 1.165) is 5.56 Å². The van der Waals surface area contributed by atoms with Gasteiger partial charge in [0.2, 0.25) is 11.8 Å². The predicted octanol–water partition coefficient (Wildman–Crippen LogP) is 2.26. The summed E-state index contributed by atoms with van der Waals surface area (Å²) in [5.74, 6) is -0.512. The van der Waals surface area contributed by atoms with Gasteiger partial charge < -0.3 is 15.0 Å². The van der Waals surface area contributed by atoms with Crippen molar-refractivity contribution in [2.75, 3.05) is 31.8 Å². The molecule has 2 aromatic carbocycles. The van der Waals surface area contributed by atoms with Crippen molar-refractivity contribution in [3.63, 3.8) is 0 Å². The molecule has 0 aliphatic rings. The number of amides is 2. The van der Waals surface area contributed by atoms with E-state index >= 15 is 0 Å². The van der Waals surface area contributed by atoms with Gasteiger partial charge in [-0.1, -0.05) is 23.8 Å². The van der Waals surface area contributed by atoms with Crippen LogP contribution in [0, 0.1) is 6.92 Å². The lowest BCUT2D eigenvalue weighted by Gasteiger charge is -2.17. The normalized spacial score (nSPS) is 11.0. The molecule has 0 fully saturated rings. The summed E-state index contributed by atoms with van der Waals surface area (Å²) in [6, 6.07) is 13.3. The van der Waals surface area contributed by atoms with Gasteiger partial charge in [0, 0.05) is 25.2 Å². The third-order valence-electron chi connectivity index (χ3n) is 4.12. The molecule has 2 rings (SSSR count). The molecule has 7 nitrogen and oxygen atoms in total. The number of rotatable bonds is 8. The summed E-state index contributed by atoms with van der Waals surface area (Å²) in [7, 11) is -0.562. The van der Waals surface area contributed by atoms with Crippen LogP contribution in [0.2, 0.25) is 0 Å². The molecule has 0 unspecified atom stereocenters. The number of sulfone groups is 1. The number of methoxy groups -OCH3 is 1. The second-order valence-corrected chi connectivity index (χ2v) is 8.52. The molecule has 0 aliphatic carbocycles. The predicted molar refractivity (Wildman–Crippen MR) is 107 cm³/mol. The van der Waals surface area contributed by atoms with Crippen LogP contribution in [0.15, 0.2) is 53.4 Å². The Morgan fingerprint density at radius 3 is 2.43 bits per heavy atom.